The average molecular weight is 379 g/mol. The molecule has 2 aromatic rings. The van der Waals surface area contributed by atoms with E-state index in [0.29, 0.717) is 16.3 Å². The van der Waals surface area contributed by atoms with Crippen molar-refractivity contribution >= 4 is 40.9 Å². The van der Waals surface area contributed by atoms with Gasteiger partial charge in [0.15, 0.2) is 0 Å². The Hall–Kier alpha value is -2.02. The van der Waals surface area contributed by atoms with E-state index in [2.05, 4.69) is 10.6 Å². The van der Waals surface area contributed by atoms with Gasteiger partial charge in [0, 0.05) is 22.2 Å². The Morgan fingerprint density at radius 1 is 1.16 bits per heavy atom. The Labute approximate surface area is 155 Å². The van der Waals surface area contributed by atoms with Crippen LogP contribution in [-0.2, 0) is 9.59 Å². The number of amides is 2. The van der Waals surface area contributed by atoms with Gasteiger partial charge < -0.3 is 15.7 Å². The van der Waals surface area contributed by atoms with Crippen molar-refractivity contribution in [1.29, 1.82) is 0 Å². The maximum atomic E-state index is 11.9. The van der Waals surface area contributed by atoms with E-state index in [4.69, 9.17) is 11.6 Å². The van der Waals surface area contributed by atoms with E-state index in [1.807, 2.05) is 12.3 Å². The van der Waals surface area contributed by atoms with Gasteiger partial charge >= 0.3 is 11.8 Å². The number of carbonyl (C=O) groups is 2. The van der Waals surface area contributed by atoms with E-state index in [0.717, 1.165) is 4.90 Å². The molecule has 2 aromatic carbocycles. The Kier molecular flexibility index (Phi) is 7.31. The number of aliphatic hydroxyl groups excluding tert-OH is 1. The number of anilines is 1. The number of hydrogen-bond acceptors (Lipinski definition) is 4. The highest BCUT2D eigenvalue weighted by Gasteiger charge is 2.15. The lowest BCUT2D eigenvalue weighted by Crippen LogP contribution is -2.36. The van der Waals surface area contributed by atoms with Crippen molar-refractivity contribution in [3.05, 3.63) is 59.1 Å². The van der Waals surface area contributed by atoms with Gasteiger partial charge in [-0.15, -0.1) is 11.8 Å². The third-order valence-corrected chi connectivity index (χ3v) is 4.43. The number of hydrogen-bond donors (Lipinski definition) is 3. The summed E-state index contributed by atoms with van der Waals surface area (Å²) in [5.41, 5.74) is 1.23. The van der Waals surface area contributed by atoms with Crippen LogP contribution in [0.4, 0.5) is 5.69 Å². The van der Waals surface area contributed by atoms with Crippen molar-refractivity contribution in [1.82, 2.24) is 5.32 Å². The molecule has 0 saturated heterocycles. The molecule has 1 unspecified atom stereocenters. The maximum absolute atomic E-state index is 11.9. The molecule has 0 heterocycles. The molecule has 132 valence electrons. The van der Waals surface area contributed by atoms with E-state index in [9.17, 15) is 14.7 Å². The summed E-state index contributed by atoms with van der Waals surface area (Å²) in [6.07, 6.45) is 1.44. The fourth-order valence-electron chi connectivity index (χ4n) is 2.17. The first-order valence-corrected chi connectivity index (χ1v) is 9.26. The van der Waals surface area contributed by atoms with Crippen LogP contribution >= 0.6 is 23.4 Å². The van der Waals surface area contributed by atoms with Crippen molar-refractivity contribution in [2.45, 2.75) is 17.4 Å². The van der Waals surface area contributed by atoms with Crippen molar-refractivity contribution in [3.8, 4) is 0 Å². The molecule has 7 heteroatoms. The molecule has 0 saturated carbocycles. The average Bonchev–Trinajstić information content (AvgIpc) is 2.61. The van der Waals surface area contributed by atoms with Gasteiger partial charge in [0.1, 0.15) is 0 Å². The number of nitrogens with one attached hydrogen (secondary N) is 2. The van der Waals surface area contributed by atoms with Gasteiger partial charge in [0.25, 0.3) is 0 Å². The third kappa shape index (κ3) is 6.08. The van der Waals surface area contributed by atoms with Crippen molar-refractivity contribution < 1.29 is 14.7 Å². The Balaban J connectivity index is 1.80. The highest BCUT2D eigenvalue weighted by atomic mass is 35.5. The normalized spacial score (nSPS) is 11.6. The molecule has 2 amide bonds. The maximum Gasteiger partial charge on any atom is 0.313 e. The molecule has 3 N–H and O–H groups in total. The van der Waals surface area contributed by atoms with Crippen LogP contribution < -0.4 is 10.6 Å². The summed E-state index contributed by atoms with van der Waals surface area (Å²) < 4.78 is 0. The van der Waals surface area contributed by atoms with Crippen molar-refractivity contribution in [2.24, 2.45) is 0 Å². The lowest BCUT2D eigenvalue weighted by atomic mass is 10.1. The van der Waals surface area contributed by atoms with E-state index in [1.54, 1.807) is 54.2 Å². The van der Waals surface area contributed by atoms with Gasteiger partial charge in [-0.2, -0.15) is 0 Å². The fraction of sp³-hybridized carbons (Fsp3) is 0.222. The SMILES string of the molecule is CSc1cccc(NC(=O)C(=O)NCCC(O)c2cccc(Cl)c2)c1. The zero-order chi connectivity index (χ0) is 18.2. The quantitative estimate of drug-likeness (QED) is 0.532. The number of benzene rings is 2. The largest absolute Gasteiger partial charge is 0.388 e. The minimum Gasteiger partial charge on any atom is -0.388 e. The Bertz CT molecular complexity index is 755. The second-order valence-corrected chi connectivity index (χ2v) is 6.62. The Morgan fingerprint density at radius 3 is 2.64 bits per heavy atom. The van der Waals surface area contributed by atoms with Crippen LogP contribution in [0.1, 0.15) is 18.1 Å². The summed E-state index contributed by atoms with van der Waals surface area (Å²) in [6.45, 7) is 0.171. The smallest absolute Gasteiger partial charge is 0.313 e. The molecule has 0 radical (unpaired) electrons. The molecular formula is C18H19ClN2O3S. The van der Waals surface area contributed by atoms with Gasteiger partial charge in [-0.05, 0) is 48.6 Å². The number of aliphatic hydroxyl groups is 1. The second kappa shape index (κ2) is 9.46. The van der Waals surface area contributed by atoms with Crippen LogP contribution in [0.3, 0.4) is 0 Å². The third-order valence-electron chi connectivity index (χ3n) is 3.47. The van der Waals surface area contributed by atoms with E-state index in [1.165, 1.54) is 0 Å². The van der Waals surface area contributed by atoms with Gasteiger partial charge in [0.2, 0.25) is 0 Å². The van der Waals surface area contributed by atoms with Crippen LogP contribution in [0.5, 0.6) is 0 Å². The summed E-state index contributed by atoms with van der Waals surface area (Å²) >= 11 is 7.42. The summed E-state index contributed by atoms with van der Waals surface area (Å²) in [7, 11) is 0. The van der Waals surface area contributed by atoms with Crippen LogP contribution in [0, 0.1) is 0 Å². The van der Waals surface area contributed by atoms with E-state index < -0.39 is 17.9 Å². The lowest BCUT2D eigenvalue weighted by Gasteiger charge is -2.12. The predicted molar refractivity (Wildman–Crippen MR) is 101 cm³/mol. The minimum atomic E-state index is -0.764. The molecule has 0 aliphatic heterocycles. The zero-order valence-corrected chi connectivity index (χ0v) is 15.2. The lowest BCUT2D eigenvalue weighted by molar-refractivity contribution is -0.136. The molecule has 2 rings (SSSR count). The minimum absolute atomic E-state index is 0.171. The molecule has 0 bridgehead atoms. The highest BCUT2D eigenvalue weighted by Crippen LogP contribution is 2.20. The highest BCUT2D eigenvalue weighted by molar-refractivity contribution is 7.98. The molecule has 1 atom stereocenters. The van der Waals surface area contributed by atoms with Crippen LogP contribution in [-0.4, -0.2) is 29.7 Å². The molecule has 0 aliphatic rings. The molecule has 0 spiro atoms. The number of rotatable bonds is 6. The van der Waals surface area contributed by atoms with Crippen LogP contribution in [0.25, 0.3) is 0 Å². The second-order valence-electron chi connectivity index (χ2n) is 5.30. The number of thioether (sulfide) groups is 1. The summed E-state index contributed by atoms with van der Waals surface area (Å²) in [4.78, 5) is 24.7. The van der Waals surface area contributed by atoms with E-state index >= 15 is 0 Å². The van der Waals surface area contributed by atoms with Gasteiger partial charge in [0.05, 0.1) is 6.10 Å². The van der Waals surface area contributed by atoms with Gasteiger partial charge in [-0.25, -0.2) is 0 Å². The molecule has 5 nitrogen and oxygen atoms in total. The van der Waals surface area contributed by atoms with Crippen LogP contribution in [0.2, 0.25) is 5.02 Å². The molecule has 25 heavy (non-hydrogen) atoms. The van der Waals surface area contributed by atoms with Crippen molar-refractivity contribution in [3.63, 3.8) is 0 Å². The molecule has 0 fully saturated rings. The molecular weight excluding hydrogens is 360 g/mol. The Morgan fingerprint density at radius 2 is 1.92 bits per heavy atom. The van der Waals surface area contributed by atoms with Crippen molar-refractivity contribution in [2.75, 3.05) is 18.1 Å². The van der Waals surface area contributed by atoms with Gasteiger partial charge in [-0.1, -0.05) is 29.8 Å². The molecule has 0 aromatic heterocycles. The van der Waals surface area contributed by atoms with Gasteiger partial charge in [-0.3, -0.25) is 9.59 Å². The monoisotopic (exact) mass is 378 g/mol. The number of carbonyl (C=O) groups excluding carboxylic acids is 2. The van der Waals surface area contributed by atoms with Crippen LogP contribution in [0.15, 0.2) is 53.4 Å². The molecule has 0 aliphatic carbocycles. The first-order chi connectivity index (χ1) is 12.0. The predicted octanol–water partition coefficient (Wildman–Crippen LogP) is 3.24. The first kappa shape index (κ1) is 19.3. The standard InChI is InChI=1S/C18H19ClN2O3S/c1-25-15-7-3-6-14(11-15)21-18(24)17(23)20-9-8-16(22)12-4-2-5-13(19)10-12/h2-7,10-11,16,22H,8-9H2,1H3,(H,20,23)(H,21,24). The summed E-state index contributed by atoms with van der Waals surface area (Å²) in [5.74, 6) is -1.48. The number of halogens is 1. The first-order valence-electron chi connectivity index (χ1n) is 7.66. The van der Waals surface area contributed by atoms with E-state index in [-0.39, 0.29) is 13.0 Å². The summed E-state index contributed by atoms with van der Waals surface area (Å²) in [5, 5.41) is 15.7. The zero-order valence-electron chi connectivity index (χ0n) is 13.7. The summed E-state index contributed by atoms with van der Waals surface area (Å²) in [6, 6.07) is 14.1. The fourth-order valence-corrected chi connectivity index (χ4v) is 2.83. The topological polar surface area (TPSA) is 78.4 Å².